The van der Waals surface area contributed by atoms with Crippen LogP contribution in [0.4, 0.5) is 11.4 Å². The number of amides is 3. The molecule has 1 unspecified atom stereocenters. The van der Waals surface area contributed by atoms with Crippen LogP contribution in [0.1, 0.15) is 22.3 Å². The first kappa shape index (κ1) is 21.5. The molecular formula is C26H23N3O5. The van der Waals surface area contributed by atoms with Gasteiger partial charge in [-0.05, 0) is 42.0 Å². The summed E-state index contributed by atoms with van der Waals surface area (Å²) in [4.78, 5) is 39.9. The normalized spacial score (nSPS) is 16.4. The predicted octanol–water partition coefficient (Wildman–Crippen LogP) is 3.34. The van der Waals surface area contributed by atoms with E-state index in [1.807, 2.05) is 42.5 Å². The number of carbonyl (C=O) groups is 3. The van der Waals surface area contributed by atoms with Crippen molar-refractivity contribution in [2.75, 3.05) is 23.6 Å². The summed E-state index contributed by atoms with van der Waals surface area (Å²) in [5, 5.41) is 5.72. The van der Waals surface area contributed by atoms with Crippen LogP contribution in [0, 0.1) is 5.92 Å². The van der Waals surface area contributed by atoms with E-state index in [4.69, 9.17) is 9.47 Å². The maximum absolute atomic E-state index is 13.0. The van der Waals surface area contributed by atoms with E-state index in [0.29, 0.717) is 35.8 Å². The molecule has 1 saturated heterocycles. The summed E-state index contributed by atoms with van der Waals surface area (Å²) >= 11 is 0. The first-order valence-electron chi connectivity index (χ1n) is 11.0. The summed E-state index contributed by atoms with van der Waals surface area (Å²) in [6.45, 7) is 0.780. The van der Waals surface area contributed by atoms with Gasteiger partial charge in [-0.1, -0.05) is 36.4 Å². The quantitative estimate of drug-likeness (QED) is 0.592. The molecule has 34 heavy (non-hydrogen) atoms. The second kappa shape index (κ2) is 9.27. The molecule has 2 heterocycles. The van der Waals surface area contributed by atoms with E-state index in [1.165, 1.54) is 0 Å². The molecule has 3 aromatic carbocycles. The third-order valence-corrected chi connectivity index (χ3v) is 5.88. The highest BCUT2D eigenvalue weighted by Crippen LogP contribution is 2.32. The third kappa shape index (κ3) is 4.43. The van der Waals surface area contributed by atoms with Gasteiger partial charge in [0.2, 0.25) is 18.6 Å². The number of anilines is 2. The molecule has 0 bridgehead atoms. The van der Waals surface area contributed by atoms with Crippen LogP contribution in [0.25, 0.3) is 0 Å². The van der Waals surface area contributed by atoms with Crippen molar-refractivity contribution in [3.63, 3.8) is 0 Å². The molecule has 172 valence electrons. The molecule has 8 nitrogen and oxygen atoms in total. The largest absolute Gasteiger partial charge is 0.454 e. The minimum atomic E-state index is -0.502. The third-order valence-electron chi connectivity index (χ3n) is 5.88. The van der Waals surface area contributed by atoms with Crippen LogP contribution in [0.2, 0.25) is 0 Å². The average Bonchev–Trinajstić information content (AvgIpc) is 3.49. The number of rotatable bonds is 6. The fraction of sp³-hybridized carbons (Fsp3) is 0.192. The Balaban J connectivity index is 1.23. The number of para-hydroxylation sites is 2. The molecule has 8 heteroatoms. The van der Waals surface area contributed by atoms with Gasteiger partial charge in [0, 0.05) is 25.2 Å². The lowest BCUT2D eigenvalue weighted by atomic mass is 10.1. The number of benzene rings is 3. The second-order valence-electron chi connectivity index (χ2n) is 8.15. The molecule has 0 aliphatic carbocycles. The molecule has 2 aliphatic rings. The Morgan fingerprint density at radius 2 is 1.71 bits per heavy atom. The summed E-state index contributed by atoms with van der Waals surface area (Å²) in [5.74, 6) is 0.123. The summed E-state index contributed by atoms with van der Waals surface area (Å²) in [6.07, 6.45) is 0.124. The molecule has 3 aromatic rings. The lowest BCUT2D eigenvalue weighted by Gasteiger charge is -2.17. The standard InChI is InChI=1S/C26H23N3O5/c30-24-13-18(15-29(24)19-6-2-1-3-7-19)25(31)28-21-9-5-4-8-20(21)26(32)27-14-17-10-11-22-23(12-17)34-16-33-22/h1-12,18H,13-16H2,(H,27,32)(H,28,31). The van der Waals surface area contributed by atoms with Crippen LogP contribution in [0.3, 0.4) is 0 Å². The molecule has 2 aliphatic heterocycles. The van der Waals surface area contributed by atoms with Gasteiger partial charge in [-0.25, -0.2) is 0 Å². The monoisotopic (exact) mass is 457 g/mol. The van der Waals surface area contributed by atoms with Gasteiger partial charge in [0.25, 0.3) is 5.91 Å². The summed E-state index contributed by atoms with van der Waals surface area (Å²) < 4.78 is 10.7. The highest BCUT2D eigenvalue weighted by atomic mass is 16.7. The van der Waals surface area contributed by atoms with Crippen LogP contribution < -0.4 is 25.0 Å². The van der Waals surface area contributed by atoms with E-state index in [2.05, 4.69) is 10.6 Å². The van der Waals surface area contributed by atoms with Gasteiger partial charge in [0.05, 0.1) is 17.2 Å². The zero-order chi connectivity index (χ0) is 23.5. The maximum atomic E-state index is 13.0. The molecule has 0 aromatic heterocycles. The van der Waals surface area contributed by atoms with Gasteiger partial charge in [-0.15, -0.1) is 0 Å². The van der Waals surface area contributed by atoms with Gasteiger partial charge in [0.1, 0.15) is 0 Å². The van der Waals surface area contributed by atoms with E-state index in [9.17, 15) is 14.4 Å². The van der Waals surface area contributed by atoms with Gasteiger partial charge in [-0.3, -0.25) is 14.4 Å². The van der Waals surface area contributed by atoms with E-state index in [0.717, 1.165) is 11.3 Å². The van der Waals surface area contributed by atoms with Crippen molar-refractivity contribution in [2.45, 2.75) is 13.0 Å². The van der Waals surface area contributed by atoms with Crippen molar-refractivity contribution in [3.8, 4) is 11.5 Å². The van der Waals surface area contributed by atoms with Crippen LogP contribution in [0.5, 0.6) is 11.5 Å². The van der Waals surface area contributed by atoms with Crippen LogP contribution in [-0.2, 0) is 16.1 Å². The smallest absolute Gasteiger partial charge is 0.253 e. The lowest BCUT2D eigenvalue weighted by molar-refractivity contribution is -0.122. The second-order valence-corrected chi connectivity index (χ2v) is 8.15. The number of hydrogen-bond donors (Lipinski definition) is 2. The summed E-state index contributed by atoms with van der Waals surface area (Å²) in [5.41, 5.74) is 2.39. The van der Waals surface area contributed by atoms with Crippen LogP contribution in [-0.4, -0.2) is 31.1 Å². The van der Waals surface area contributed by atoms with E-state index in [1.54, 1.807) is 35.2 Å². The zero-order valence-electron chi connectivity index (χ0n) is 18.3. The van der Waals surface area contributed by atoms with Crippen LogP contribution in [0.15, 0.2) is 72.8 Å². The minimum absolute atomic E-state index is 0.0962. The number of hydrogen-bond acceptors (Lipinski definition) is 5. The zero-order valence-corrected chi connectivity index (χ0v) is 18.3. The Kier molecular flexibility index (Phi) is 5.86. The fourth-order valence-corrected chi connectivity index (χ4v) is 4.09. The Hall–Kier alpha value is -4.33. The van der Waals surface area contributed by atoms with E-state index < -0.39 is 5.92 Å². The molecule has 1 atom stereocenters. The molecule has 0 saturated carbocycles. The first-order chi connectivity index (χ1) is 16.6. The molecule has 5 rings (SSSR count). The Morgan fingerprint density at radius 1 is 0.941 bits per heavy atom. The summed E-state index contributed by atoms with van der Waals surface area (Å²) in [6, 6.07) is 21.6. The molecule has 3 amide bonds. The molecule has 0 radical (unpaired) electrons. The van der Waals surface area contributed by atoms with Crippen molar-refractivity contribution in [3.05, 3.63) is 83.9 Å². The maximum Gasteiger partial charge on any atom is 0.253 e. The predicted molar refractivity (Wildman–Crippen MR) is 126 cm³/mol. The van der Waals surface area contributed by atoms with E-state index >= 15 is 0 Å². The molecular weight excluding hydrogens is 434 g/mol. The Bertz CT molecular complexity index is 1240. The number of nitrogens with one attached hydrogen (secondary N) is 2. The highest BCUT2D eigenvalue weighted by molar-refractivity contribution is 6.07. The van der Waals surface area contributed by atoms with Crippen molar-refractivity contribution in [1.29, 1.82) is 0 Å². The first-order valence-corrected chi connectivity index (χ1v) is 11.0. The Morgan fingerprint density at radius 3 is 2.56 bits per heavy atom. The highest BCUT2D eigenvalue weighted by Gasteiger charge is 2.35. The SMILES string of the molecule is O=C(NCc1ccc2c(c1)OCO2)c1ccccc1NC(=O)C1CC(=O)N(c2ccccc2)C1. The summed E-state index contributed by atoms with van der Waals surface area (Å²) in [7, 11) is 0. The van der Waals surface area contributed by atoms with Gasteiger partial charge in [0.15, 0.2) is 11.5 Å². The molecule has 2 N–H and O–H groups in total. The lowest BCUT2D eigenvalue weighted by Crippen LogP contribution is -2.29. The van der Waals surface area contributed by atoms with E-state index in [-0.39, 0.29) is 30.9 Å². The van der Waals surface area contributed by atoms with Crippen LogP contribution >= 0.6 is 0 Å². The van der Waals surface area contributed by atoms with Gasteiger partial charge >= 0.3 is 0 Å². The Labute approximate surface area is 196 Å². The average molecular weight is 457 g/mol. The van der Waals surface area contributed by atoms with Crippen molar-refractivity contribution in [1.82, 2.24) is 5.32 Å². The topological polar surface area (TPSA) is 97.0 Å². The van der Waals surface area contributed by atoms with Gasteiger partial charge in [-0.2, -0.15) is 0 Å². The number of ether oxygens (including phenoxy) is 2. The fourth-order valence-electron chi connectivity index (χ4n) is 4.09. The molecule has 0 spiro atoms. The molecule has 1 fully saturated rings. The number of carbonyl (C=O) groups excluding carboxylic acids is 3. The minimum Gasteiger partial charge on any atom is -0.454 e. The number of fused-ring (bicyclic) bond motifs is 1. The van der Waals surface area contributed by atoms with Crippen molar-refractivity contribution in [2.24, 2.45) is 5.92 Å². The van der Waals surface area contributed by atoms with Crippen molar-refractivity contribution >= 4 is 29.1 Å². The van der Waals surface area contributed by atoms with Gasteiger partial charge < -0.3 is 25.0 Å². The number of nitrogens with zero attached hydrogens (tertiary/aromatic N) is 1. The van der Waals surface area contributed by atoms with Crippen molar-refractivity contribution < 1.29 is 23.9 Å².